The van der Waals surface area contributed by atoms with Crippen LogP contribution in [0.3, 0.4) is 0 Å². The van der Waals surface area contributed by atoms with Crippen molar-refractivity contribution in [2.24, 2.45) is 17.6 Å². The molecule has 1 aliphatic heterocycles. The molecular formula is C30H43N5O3. The third-order valence-electron chi connectivity index (χ3n) is 8.27. The Hall–Kier alpha value is -2.81. The number of carbonyl (C=O) groups is 2. The fourth-order valence-electron chi connectivity index (χ4n) is 5.98. The first kappa shape index (κ1) is 28.2. The van der Waals surface area contributed by atoms with Gasteiger partial charge in [-0.05, 0) is 74.2 Å². The van der Waals surface area contributed by atoms with E-state index >= 15 is 0 Å². The quantitative estimate of drug-likeness (QED) is 0.472. The molecule has 4 atom stereocenters. The van der Waals surface area contributed by atoms with E-state index in [4.69, 9.17) is 10.5 Å². The van der Waals surface area contributed by atoms with Crippen LogP contribution < -0.4 is 11.1 Å². The summed E-state index contributed by atoms with van der Waals surface area (Å²) in [7, 11) is 1.70. The van der Waals surface area contributed by atoms with Crippen molar-refractivity contribution in [2.45, 2.75) is 57.7 Å². The number of amides is 2. The molecular weight excluding hydrogens is 478 g/mol. The molecule has 0 radical (unpaired) electrons. The second-order valence-electron chi connectivity index (χ2n) is 10.9. The van der Waals surface area contributed by atoms with Crippen LogP contribution in [-0.4, -0.2) is 78.6 Å². The fourth-order valence-corrected chi connectivity index (χ4v) is 5.98. The van der Waals surface area contributed by atoms with Crippen LogP contribution in [0, 0.1) is 18.8 Å². The second-order valence-corrected chi connectivity index (χ2v) is 10.9. The standard InChI is InChI=1S/C30H43N5O3/c1-22-7-3-4-10-26(22)20-34(13-14-38-2)27-16-28(35(21-27)30(37)25-11-6-12-32-19-25)29(36)33-18-24-9-5-8-23(15-24)17-31/h3-4,6-7,10-12,19,23-24,27-28H,5,8-9,13-18,20-21,31H2,1-2H3,(H,33,36). The minimum Gasteiger partial charge on any atom is -0.383 e. The molecule has 8 heteroatoms. The zero-order valence-electron chi connectivity index (χ0n) is 22.9. The van der Waals surface area contributed by atoms with E-state index in [2.05, 4.69) is 40.3 Å². The Morgan fingerprint density at radius 3 is 2.71 bits per heavy atom. The number of hydrogen-bond acceptors (Lipinski definition) is 6. The maximum atomic E-state index is 13.6. The Morgan fingerprint density at radius 2 is 1.97 bits per heavy atom. The van der Waals surface area contributed by atoms with Gasteiger partial charge in [-0.25, -0.2) is 0 Å². The molecule has 1 aromatic heterocycles. The first-order chi connectivity index (χ1) is 18.5. The maximum Gasteiger partial charge on any atom is 0.256 e. The van der Waals surface area contributed by atoms with Crippen molar-refractivity contribution in [2.75, 3.05) is 39.9 Å². The summed E-state index contributed by atoms with van der Waals surface area (Å²) in [6, 6.07) is 11.4. The van der Waals surface area contributed by atoms with Gasteiger partial charge in [-0.15, -0.1) is 0 Å². The van der Waals surface area contributed by atoms with Gasteiger partial charge in [-0.3, -0.25) is 19.5 Å². The number of benzene rings is 1. The summed E-state index contributed by atoms with van der Waals surface area (Å²) in [4.78, 5) is 35.4. The predicted molar refractivity (Wildman–Crippen MR) is 148 cm³/mol. The molecule has 2 fully saturated rings. The molecule has 4 rings (SSSR count). The molecule has 2 aliphatic rings. The van der Waals surface area contributed by atoms with Gasteiger partial charge in [0, 0.05) is 51.7 Å². The van der Waals surface area contributed by atoms with Crippen LogP contribution in [0.4, 0.5) is 0 Å². The highest BCUT2D eigenvalue weighted by atomic mass is 16.5. The molecule has 2 aromatic rings. The number of nitrogens with zero attached hydrogens (tertiary/aromatic N) is 3. The van der Waals surface area contributed by atoms with Crippen LogP contribution in [0.2, 0.25) is 0 Å². The molecule has 38 heavy (non-hydrogen) atoms. The lowest BCUT2D eigenvalue weighted by molar-refractivity contribution is -0.125. The average molecular weight is 522 g/mol. The third-order valence-corrected chi connectivity index (χ3v) is 8.27. The van der Waals surface area contributed by atoms with Crippen molar-refractivity contribution >= 4 is 11.8 Å². The average Bonchev–Trinajstić information content (AvgIpc) is 3.40. The van der Waals surface area contributed by atoms with Crippen molar-refractivity contribution in [1.82, 2.24) is 20.1 Å². The summed E-state index contributed by atoms with van der Waals surface area (Å²) >= 11 is 0. The van der Waals surface area contributed by atoms with E-state index < -0.39 is 6.04 Å². The van der Waals surface area contributed by atoms with Gasteiger partial charge >= 0.3 is 0 Å². The molecule has 1 saturated carbocycles. The minimum absolute atomic E-state index is 0.0393. The lowest BCUT2D eigenvalue weighted by atomic mass is 9.81. The van der Waals surface area contributed by atoms with E-state index in [9.17, 15) is 9.59 Å². The van der Waals surface area contributed by atoms with Gasteiger partial charge in [0.05, 0.1) is 12.2 Å². The number of aryl methyl sites for hydroxylation is 1. The smallest absolute Gasteiger partial charge is 0.256 e. The van der Waals surface area contributed by atoms with Gasteiger partial charge in [0.25, 0.3) is 5.91 Å². The SMILES string of the molecule is COCCN(Cc1ccccc1C)C1CC(C(=O)NCC2CCCC(CN)C2)N(C(=O)c2cccnc2)C1. The van der Waals surface area contributed by atoms with Crippen LogP contribution in [0.1, 0.15) is 53.6 Å². The van der Waals surface area contributed by atoms with E-state index in [0.29, 0.717) is 50.1 Å². The highest BCUT2D eigenvalue weighted by molar-refractivity contribution is 5.97. The number of nitrogens with one attached hydrogen (secondary N) is 1. The molecule has 0 spiro atoms. The van der Waals surface area contributed by atoms with Gasteiger partial charge in [0.1, 0.15) is 6.04 Å². The summed E-state index contributed by atoms with van der Waals surface area (Å²) in [5.41, 5.74) is 8.90. The van der Waals surface area contributed by atoms with Crippen LogP contribution in [0.5, 0.6) is 0 Å². The number of likely N-dealkylation sites (tertiary alicyclic amines) is 1. The van der Waals surface area contributed by atoms with Crippen LogP contribution in [0.15, 0.2) is 48.8 Å². The van der Waals surface area contributed by atoms with Crippen molar-refractivity contribution in [3.63, 3.8) is 0 Å². The summed E-state index contributed by atoms with van der Waals surface area (Å²) in [5.74, 6) is 0.771. The maximum absolute atomic E-state index is 13.6. The number of ether oxygens (including phenoxy) is 1. The topological polar surface area (TPSA) is 101 Å². The number of hydrogen-bond donors (Lipinski definition) is 2. The van der Waals surface area contributed by atoms with E-state index in [0.717, 1.165) is 32.4 Å². The molecule has 2 heterocycles. The molecule has 206 valence electrons. The molecule has 8 nitrogen and oxygen atoms in total. The van der Waals surface area contributed by atoms with E-state index in [1.807, 2.05) is 6.07 Å². The number of nitrogens with two attached hydrogens (primary N) is 1. The Bertz CT molecular complexity index is 1050. The molecule has 4 unspecified atom stereocenters. The van der Waals surface area contributed by atoms with E-state index in [1.54, 1.807) is 36.5 Å². The zero-order valence-corrected chi connectivity index (χ0v) is 22.9. The number of pyridine rings is 1. The summed E-state index contributed by atoms with van der Waals surface area (Å²) in [6.45, 7) is 6.00. The number of rotatable bonds is 11. The van der Waals surface area contributed by atoms with Crippen molar-refractivity contribution in [3.8, 4) is 0 Å². The summed E-state index contributed by atoms with van der Waals surface area (Å²) in [5, 5.41) is 3.20. The van der Waals surface area contributed by atoms with Crippen LogP contribution in [-0.2, 0) is 16.1 Å². The fraction of sp³-hybridized carbons (Fsp3) is 0.567. The normalized spacial score (nSPS) is 23.5. The second kappa shape index (κ2) is 13.8. The van der Waals surface area contributed by atoms with Crippen LogP contribution >= 0.6 is 0 Å². The lowest BCUT2D eigenvalue weighted by Gasteiger charge is -2.29. The summed E-state index contributed by atoms with van der Waals surface area (Å²) < 4.78 is 5.42. The van der Waals surface area contributed by atoms with Gasteiger partial charge in [0.15, 0.2) is 0 Å². The molecule has 1 saturated heterocycles. The minimum atomic E-state index is -0.525. The summed E-state index contributed by atoms with van der Waals surface area (Å²) in [6.07, 6.45) is 8.33. The predicted octanol–water partition coefficient (Wildman–Crippen LogP) is 3.00. The molecule has 3 N–H and O–H groups in total. The highest BCUT2D eigenvalue weighted by Crippen LogP contribution is 2.29. The highest BCUT2D eigenvalue weighted by Gasteiger charge is 2.42. The Kier molecular flexibility index (Phi) is 10.3. The van der Waals surface area contributed by atoms with Gasteiger partial charge in [-0.1, -0.05) is 30.7 Å². The zero-order chi connectivity index (χ0) is 26.9. The largest absolute Gasteiger partial charge is 0.383 e. The monoisotopic (exact) mass is 521 g/mol. The van der Waals surface area contributed by atoms with E-state index in [-0.39, 0.29) is 17.9 Å². The first-order valence-corrected chi connectivity index (χ1v) is 14.0. The lowest BCUT2D eigenvalue weighted by Crippen LogP contribution is -2.47. The van der Waals surface area contributed by atoms with Crippen molar-refractivity contribution < 1.29 is 14.3 Å². The van der Waals surface area contributed by atoms with Gasteiger partial charge in [-0.2, -0.15) is 0 Å². The molecule has 1 aromatic carbocycles. The Labute approximate surface area is 226 Å². The van der Waals surface area contributed by atoms with E-state index in [1.165, 1.54) is 17.5 Å². The first-order valence-electron chi connectivity index (χ1n) is 14.0. The molecule has 0 bridgehead atoms. The van der Waals surface area contributed by atoms with Gasteiger partial charge < -0.3 is 20.7 Å². The van der Waals surface area contributed by atoms with Gasteiger partial charge in [0.2, 0.25) is 5.91 Å². The number of carbonyl (C=O) groups excluding carboxylic acids is 2. The number of aromatic nitrogens is 1. The third kappa shape index (κ3) is 7.18. The van der Waals surface area contributed by atoms with Crippen molar-refractivity contribution in [1.29, 1.82) is 0 Å². The van der Waals surface area contributed by atoms with Crippen molar-refractivity contribution in [3.05, 3.63) is 65.5 Å². The molecule has 1 aliphatic carbocycles. The Morgan fingerprint density at radius 1 is 1.16 bits per heavy atom. The molecule has 2 amide bonds. The van der Waals surface area contributed by atoms with Crippen LogP contribution in [0.25, 0.3) is 0 Å². The Balaban J connectivity index is 1.51. The number of methoxy groups -OCH3 is 1.